The molecular weight excluding hydrogens is 294 g/mol. The molecule has 0 spiro atoms. The third kappa shape index (κ3) is 3.82. The van der Waals surface area contributed by atoms with E-state index in [0.29, 0.717) is 11.4 Å². The zero-order chi connectivity index (χ0) is 13.0. The molecule has 1 saturated heterocycles. The molecule has 18 heavy (non-hydrogen) atoms. The molecule has 3 nitrogen and oxygen atoms in total. The SMILES string of the molecule is CC(Br)Cc1ccc(NC(=O)C2CCCO2)cc1. The van der Waals surface area contributed by atoms with E-state index in [1.54, 1.807) is 0 Å². The fourth-order valence-corrected chi connectivity index (χ4v) is 2.43. The lowest BCUT2D eigenvalue weighted by atomic mass is 10.1. The average Bonchev–Trinajstić information content (AvgIpc) is 2.84. The molecule has 0 radical (unpaired) electrons. The Morgan fingerprint density at radius 1 is 1.50 bits per heavy atom. The van der Waals surface area contributed by atoms with Gasteiger partial charge in [-0.2, -0.15) is 0 Å². The molecule has 2 unspecified atom stereocenters. The summed E-state index contributed by atoms with van der Waals surface area (Å²) in [5.41, 5.74) is 2.09. The van der Waals surface area contributed by atoms with Gasteiger partial charge in [-0.25, -0.2) is 0 Å². The number of anilines is 1. The summed E-state index contributed by atoms with van der Waals surface area (Å²) >= 11 is 3.53. The first kappa shape index (κ1) is 13.6. The molecule has 0 aliphatic carbocycles. The van der Waals surface area contributed by atoms with E-state index in [0.717, 1.165) is 24.9 Å². The van der Waals surface area contributed by atoms with Crippen LogP contribution in [0.15, 0.2) is 24.3 Å². The van der Waals surface area contributed by atoms with Gasteiger partial charge in [-0.15, -0.1) is 0 Å². The summed E-state index contributed by atoms with van der Waals surface area (Å²) in [5.74, 6) is -0.0332. The van der Waals surface area contributed by atoms with Crippen LogP contribution in [-0.2, 0) is 16.0 Å². The molecule has 1 fully saturated rings. The second-order valence-electron chi connectivity index (χ2n) is 4.67. The van der Waals surface area contributed by atoms with Crippen LogP contribution < -0.4 is 5.32 Å². The van der Waals surface area contributed by atoms with Gasteiger partial charge in [0.05, 0.1) is 0 Å². The van der Waals surface area contributed by atoms with Crippen LogP contribution in [0.4, 0.5) is 5.69 Å². The molecule has 1 N–H and O–H groups in total. The summed E-state index contributed by atoms with van der Waals surface area (Å²) in [7, 11) is 0. The van der Waals surface area contributed by atoms with E-state index in [9.17, 15) is 4.79 Å². The van der Waals surface area contributed by atoms with Crippen LogP contribution in [0.2, 0.25) is 0 Å². The predicted molar refractivity (Wildman–Crippen MR) is 76.1 cm³/mol. The third-order valence-electron chi connectivity index (χ3n) is 2.96. The molecule has 1 aliphatic rings. The molecule has 0 saturated carbocycles. The number of nitrogens with one attached hydrogen (secondary N) is 1. The predicted octanol–water partition coefficient (Wildman–Crippen LogP) is 3.13. The molecule has 0 aromatic heterocycles. The number of halogens is 1. The van der Waals surface area contributed by atoms with E-state index in [1.165, 1.54) is 5.56 Å². The van der Waals surface area contributed by atoms with Crippen LogP contribution in [0.25, 0.3) is 0 Å². The Hall–Kier alpha value is -0.870. The molecular formula is C14H18BrNO2. The van der Waals surface area contributed by atoms with Crippen molar-refractivity contribution in [3.8, 4) is 0 Å². The van der Waals surface area contributed by atoms with E-state index in [4.69, 9.17) is 4.74 Å². The largest absolute Gasteiger partial charge is 0.368 e. The lowest BCUT2D eigenvalue weighted by Gasteiger charge is -2.11. The van der Waals surface area contributed by atoms with Gasteiger partial charge < -0.3 is 10.1 Å². The first-order chi connectivity index (χ1) is 8.65. The zero-order valence-electron chi connectivity index (χ0n) is 10.5. The van der Waals surface area contributed by atoms with Gasteiger partial charge >= 0.3 is 0 Å². The molecule has 1 aromatic carbocycles. The quantitative estimate of drug-likeness (QED) is 0.868. The molecule has 1 aliphatic heterocycles. The van der Waals surface area contributed by atoms with E-state index in [2.05, 4.69) is 28.2 Å². The van der Waals surface area contributed by atoms with Crippen molar-refractivity contribution < 1.29 is 9.53 Å². The zero-order valence-corrected chi connectivity index (χ0v) is 12.1. The molecule has 98 valence electrons. The second kappa shape index (κ2) is 6.34. The molecule has 0 bridgehead atoms. The minimum Gasteiger partial charge on any atom is -0.368 e. The van der Waals surface area contributed by atoms with E-state index >= 15 is 0 Å². The van der Waals surface area contributed by atoms with Crippen molar-refractivity contribution in [2.45, 2.75) is 37.1 Å². The monoisotopic (exact) mass is 311 g/mol. The number of carbonyl (C=O) groups excluding carboxylic acids is 1. The number of ether oxygens (including phenoxy) is 1. The van der Waals surface area contributed by atoms with Crippen LogP contribution >= 0.6 is 15.9 Å². The Bertz CT molecular complexity index is 397. The van der Waals surface area contributed by atoms with Crippen LogP contribution in [0.5, 0.6) is 0 Å². The molecule has 1 amide bonds. The first-order valence-electron chi connectivity index (χ1n) is 6.30. The maximum atomic E-state index is 11.8. The van der Waals surface area contributed by atoms with Gasteiger partial charge in [0.15, 0.2) is 0 Å². The highest BCUT2D eigenvalue weighted by Gasteiger charge is 2.23. The maximum Gasteiger partial charge on any atom is 0.253 e. The molecule has 2 atom stereocenters. The summed E-state index contributed by atoms with van der Waals surface area (Å²) < 4.78 is 5.35. The highest BCUT2D eigenvalue weighted by molar-refractivity contribution is 9.09. The van der Waals surface area contributed by atoms with Crippen LogP contribution in [0.3, 0.4) is 0 Å². The fraction of sp³-hybridized carbons (Fsp3) is 0.500. The highest BCUT2D eigenvalue weighted by Crippen LogP contribution is 2.17. The lowest BCUT2D eigenvalue weighted by molar-refractivity contribution is -0.124. The van der Waals surface area contributed by atoms with Crippen LogP contribution in [0, 0.1) is 0 Å². The van der Waals surface area contributed by atoms with E-state index in [1.807, 2.05) is 24.3 Å². The number of amides is 1. The van der Waals surface area contributed by atoms with E-state index < -0.39 is 0 Å². The molecule has 1 aromatic rings. The molecule has 4 heteroatoms. The van der Waals surface area contributed by atoms with Crippen molar-refractivity contribution in [1.29, 1.82) is 0 Å². The van der Waals surface area contributed by atoms with Gasteiger partial charge in [-0.1, -0.05) is 35.0 Å². The van der Waals surface area contributed by atoms with Crippen LogP contribution in [0.1, 0.15) is 25.3 Å². The highest BCUT2D eigenvalue weighted by atomic mass is 79.9. The van der Waals surface area contributed by atoms with E-state index in [-0.39, 0.29) is 12.0 Å². The summed E-state index contributed by atoms with van der Waals surface area (Å²) in [6.07, 6.45) is 2.51. The van der Waals surface area contributed by atoms with Crippen LogP contribution in [-0.4, -0.2) is 23.4 Å². The van der Waals surface area contributed by atoms with Crippen molar-refractivity contribution in [2.24, 2.45) is 0 Å². The number of carbonyl (C=O) groups is 1. The van der Waals surface area contributed by atoms with Crippen molar-refractivity contribution in [2.75, 3.05) is 11.9 Å². The van der Waals surface area contributed by atoms with Gasteiger partial charge in [-0.05, 0) is 37.0 Å². The van der Waals surface area contributed by atoms with Gasteiger partial charge in [-0.3, -0.25) is 4.79 Å². The number of rotatable bonds is 4. The molecule has 2 rings (SSSR count). The Morgan fingerprint density at radius 3 is 2.78 bits per heavy atom. The minimum absolute atomic E-state index is 0.0332. The standard InChI is InChI=1S/C14H18BrNO2/c1-10(15)9-11-4-6-12(7-5-11)16-14(17)13-3-2-8-18-13/h4-7,10,13H,2-3,8-9H2,1H3,(H,16,17). The summed E-state index contributed by atoms with van der Waals surface area (Å²) in [5, 5.41) is 2.89. The molecule has 1 heterocycles. The second-order valence-corrected chi connectivity index (χ2v) is 6.24. The summed E-state index contributed by atoms with van der Waals surface area (Å²) in [4.78, 5) is 12.3. The van der Waals surface area contributed by atoms with Gasteiger partial charge in [0.1, 0.15) is 6.10 Å². The van der Waals surface area contributed by atoms with Crippen molar-refractivity contribution in [3.63, 3.8) is 0 Å². The van der Waals surface area contributed by atoms with Gasteiger partial charge in [0, 0.05) is 17.1 Å². The number of hydrogen-bond donors (Lipinski definition) is 1. The summed E-state index contributed by atoms with van der Waals surface area (Å²) in [6.45, 7) is 2.81. The number of benzene rings is 1. The Labute approximate surface area is 116 Å². The normalized spacial score (nSPS) is 20.7. The van der Waals surface area contributed by atoms with Crippen molar-refractivity contribution in [3.05, 3.63) is 29.8 Å². The topological polar surface area (TPSA) is 38.3 Å². The maximum absolute atomic E-state index is 11.8. The smallest absolute Gasteiger partial charge is 0.253 e. The Balaban J connectivity index is 1.91. The number of alkyl halides is 1. The number of hydrogen-bond acceptors (Lipinski definition) is 2. The van der Waals surface area contributed by atoms with Gasteiger partial charge in [0.2, 0.25) is 0 Å². The Morgan fingerprint density at radius 2 is 2.22 bits per heavy atom. The van der Waals surface area contributed by atoms with Crippen molar-refractivity contribution in [1.82, 2.24) is 0 Å². The van der Waals surface area contributed by atoms with Gasteiger partial charge in [0.25, 0.3) is 5.91 Å². The Kier molecular flexibility index (Phi) is 4.78. The minimum atomic E-state index is -0.271. The first-order valence-corrected chi connectivity index (χ1v) is 7.22. The van der Waals surface area contributed by atoms with Crippen molar-refractivity contribution >= 4 is 27.5 Å². The average molecular weight is 312 g/mol. The third-order valence-corrected chi connectivity index (χ3v) is 3.28. The fourth-order valence-electron chi connectivity index (χ4n) is 2.06. The lowest BCUT2D eigenvalue weighted by Crippen LogP contribution is -2.26. The summed E-state index contributed by atoms with van der Waals surface area (Å²) in [6, 6.07) is 7.97.